The molecular formula is C18H26N4O4. The third kappa shape index (κ3) is 5.80. The van der Waals surface area contributed by atoms with Crippen molar-refractivity contribution in [1.29, 1.82) is 0 Å². The van der Waals surface area contributed by atoms with Crippen LogP contribution in [-0.4, -0.2) is 72.9 Å². The van der Waals surface area contributed by atoms with Gasteiger partial charge in [-0.05, 0) is 38.4 Å². The highest BCUT2D eigenvalue weighted by Crippen LogP contribution is 2.18. The minimum absolute atomic E-state index is 0.0444. The molecule has 1 aliphatic rings. The van der Waals surface area contributed by atoms with Gasteiger partial charge in [0.15, 0.2) is 0 Å². The van der Waals surface area contributed by atoms with Crippen molar-refractivity contribution < 1.29 is 19.1 Å². The molecule has 1 N–H and O–H groups in total. The van der Waals surface area contributed by atoms with Gasteiger partial charge in [-0.15, -0.1) is 0 Å². The second-order valence-corrected chi connectivity index (χ2v) is 6.62. The number of hydrogen-bond donors (Lipinski definition) is 1. The Hall–Kier alpha value is -2.48. The number of anilines is 1. The van der Waals surface area contributed by atoms with Crippen molar-refractivity contribution in [3.05, 3.63) is 23.9 Å². The number of aryl methyl sites for hydroxylation is 1. The number of rotatable bonds is 6. The van der Waals surface area contributed by atoms with E-state index in [0.29, 0.717) is 31.7 Å². The zero-order chi connectivity index (χ0) is 19.1. The van der Waals surface area contributed by atoms with E-state index in [1.807, 2.05) is 13.0 Å². The highest BCUT2D eigenvalue weighted by atomic mass is 16.5. The van der Waals surface area contributed by atoms with Crippen molar-refractivity contribution in [2.75, 3.05) is 45.7 Å². The lowest BCUT2D eigenvalue weighted by atomic mass is 9.97. The second kappa shape index (κ2) is 9.28. The van der Waals surface area contributed by atoms with E-state index >= 15 is 0 Å². The summed E-state index contributed by atoms with van der Waals surface area (Å²) in [6.07, 6.45) is 2.91. The second-order valence-electron chi connectivity index (χ2n) is 6.62. The third-order valence-electron chi connectivity index (χ3n) is 4.38. The van der Waals surface area contributed by atoms with Crippen LogP contribution in [0.4, 0.5) is 5.82 Å². The molecule has 0 radical (unpaired) electrons. The number of amides is 2. The maximum absolute atomic E-state index is 12.4. The van der Waals surface area contributed by atoms with E-state index in [1.165, 1.54) is 7.11 Å². The summed E-state index contributed by atoms with van der Waals surface area (Å²) in [5, 5.41) is 2.71. The van der Waals surface area contributed by atoms with Gasteiger partial charge in [0.25, 0.3) is 0 Å². The van der Waals surface area contributed by atoms with Gasteiger partial charge in [-0.1, -0.05) is 6.07 Å². The Labute approximate surface area is 153 Å². The predicted molar refractivity (Wildman–Crippen MR) is 96.4 cm³/mol. The first-order valence-electron chi connectivity index (χ1n) is 8.65. The number of nitrogens with zero attached hydrogens (tertiary/aromatic N) is 3. The Morgan fingerprint density at radius 3 is 2.54 bits per heavy atom. The lowest BCUT2D eigenvalue weighted by Crippen LogP contribution is -2.45. The van der Waals surface area contributed by atoms with Crippen LogP contribution in [0.3, 0.4) is 0 Å². The molecule has 1 fully saturated rings. The minimum atomic E-state index is -0.221. The summed E-state index contributed by atoms with van der Waals surface area (Å²) in [5.41, 5.74) is 1.02. The number of likely N-dealkylation sites (N-methyl/N-ethyl adjacent to an activating group) is 1. The highest BCUT2D eigenvalue weighted by Gasteiger charge is 2.28. The first-order valence-corrected chi connectivity index (χ1v) is 8.65. The summed E-state index contributed by atoms with van der Waals surface area (Å²) in [6, 6.07) is 3.61. The van der Waals surface area contributed by atoms with Gasteiger partial charge >= 0.3 is 5.97 Å². The van der Waals surface area contributed by atoms with E-state index in [0.717, 1.165) is 5.56 Å². The summed E-state index contributed by atoms with van der Waals surface area (Å²) >= 11 is 0. The molecule has 0 atom stereocenters. The lowest BCUT2D eigenvalue weighted by Gasteiger charge is -2.31. The minimum Gasteiger partial charge on any atom is -0.469 e. The lowest BCUT2D eigenvalue weighted by molar-refractivity contribution is -0.149. The number of esters is 1. The number of carbonyl (C=O) groups is 3. The van der Waals surface area contributed by atoms with Gasteiger partial charge in [-0.2, -0.15) is 0 Å². The summed E-state index contributed by atoms with van der Waals surface area (Å²) in [5.74, 6) is -0.117. The molecule has 0 aromatic carbocycles. The molecule has 1 aromatic heterocycles. The van der Waals surface area contributed by atoms with Crippen LogP contribution in [0.2, 0.25) is 0 Å². The third-order valence-corrected chi connectivity index (χ3v) is 4.38. The van der Waals surface area contributed by atoms with Crippen LogP contribution in [0.15, 0.2) is 18.3 Å². The SMILES string of the molecule is COC(=O)C1CCN(C(=O)CN(C)CC(=O)Nc2ccc(C)cn2)CC1. The summed E-state index contributed by atoms with van der Waals surface area (Å²) < 4.78 is 4.75. The van der Waals surface area contributed by atoms with Crippen LogP contribution in [-0.2, 0) is 19.1 Å². The van der Waals surface area contributed by atoms with Crippen LogP contribution in [0.25, 0.3) is 0 Å². The summed E-state index contributed by atoms with van der Waals surface area (Å²) in [6.45, 7) is 3.24. The van der Waals surface area contributed by atoms with Crippen molar-refractivity contribution in [3.63, 3.8) is 0 Å². The first kappa shape index (κ1) is 19.8. The molecule has 1 saturated heterocycles. The average molecular weight is 362 g/mol. The molecule has 1 aliphatic heterocycles. The van der Waals surface area contributed by atoms with Crippen LogP contribution in [0.1, 0.15) is 18.4 Å². The van der Waals surface area contributed by atoms with E-state index in [2.05, 4.69) is 10.3 Å². The predicted octanol–water partition coefficient (Wildman–Crippen LogP) is 0.672. The number of hydrogen-bond acceptors (Lipinski definition) is 6. The molecule has 8 heteroatoms. The molecular weight excluding hydrogens is 336 g/mol. The van der Waals surface area contributed by atoms with Crippen LogP contribution in [0, 0.1) is 12.8 Å². The van der Waals surface area contributed by atoms with Crippen molar-refractivity contribution in [3.8, 4) is 0 Å². The molecule has 0 bridgehead atoms. The quantitative estimate of drug-likeness (QED) is 0.748. The van der Waals surface area contributed by atoms with Crippen LogP contribution >= 0.6 is 0 Å². The Balaban J connectivity index is 1.74. The van der Waals surface area contributed by atoms with Crippen LogP contribution in [0.5, 0.6) is 0 Å². The molecule has 0 saturated carbocycles. The molecule has 26 heavy (non-hydrogen) atoms. The fourth-order valence-corrected chi connectivity index (χ4v) is 2.89. The van der Waals surface area contributed by atoms with Crippen molar-refractivity contribution >= 4 is 23.6 Å². The van der Waals surface area contributed by atoms with Gasteiger partial charge in [0, 0.05) is 19.3 Å². The standard InChI is InChI=1S/C18H26N4O4/c1-13-4-5-15(19-10-13)20-16(23)11-21(2)12-17(24)22-8-6-14(7-9-22)18(25)26-3/h4-5,10,14H,6-9,11-12H2,1-3H3,(H,19,20,23). The Bertz CT molecular complexity index is 639. The zero-order valence-electron chi connectivity index (χ0n) is 15.5. The molecule has 0 aliphatic carbocycles. The summed E-state index contributed by atoms with van der Waals surface area (Å²) in [7, 11) is 3.10. The van der Waals surface area contributed by atoms with Crippen molar-refractivity contribution in [1.82, 2.24) is 14.8 Å². The number of aromatic nitrogens is 1. The van der Waals surface area contributed by atoms with E-state index in [9.17, 15) is 14.4 Å². The molecule has 2 amide bonds. The topological polar surface area (TPSA) is 91.8 Å². The molecule has 142 valence electrons. The van der Waals surface area contributed by atoms with E-state index < -0.39 is 0 Å². The van der Waals surface area contributed by atoms with Gasteiger partial charge in [-0.3, -0.25) is 19.3 Å². The molecule has 0 unspecified atom stereocenters. The number of likely N-dealkylation sites (tertiary alicyclic amines) is 1. The fraction of sp³-hybridized carbons (Fsp3) is 0.556. The first-order chi connectivity index (χ1) is 12.4. The van der Waals surface area contributed by atoms with Gasteiger partial charge in [0.1, 0.15) is 5.82 Å². The fourth-order valence-electron chi connectivity index (χ4n) is 2.89. The van der Waals surface area contributed by atoms with E-state index in [1.54, 1.807) is 29.1 Å². The van der Waals surface area contributed by atoms with Gasteiger partial charge in [-0.25, -0.2) is 4.98 Å². The van der Waals surface area contributed by atoms with Gasteiger partial charge < -0.3 is 15.0 Å². The number of piperidine rings is 1. The average Bonchev–Trinajstić information content (AvgIpc) is 2.62. The van der Waals surface area contributed by atoms with E-state index in [4.69, 9.17) is 4.74 Å². The number of methoxy groups -OCH3 is 1. The normalized spacial score (nSPS) is 15.0. The Morgan fingerprint density at radius 2 is 1.96 bits per heavy atom. The van der Waals surface area contributed by atoms with Crippen LogP contribution < -0.4 is 5.32 Å². The number of nitrogens with one attached hydrogen (secondary N) is 1. The number of ether oxygens (including phenoxy) is 1. The Morgan fingerprint density at radius 1 is 1.27 bits per heavy atom. The monoisotopic (exact) mass is 362 g/mol. The smallest absolute Gasteiger partial charge is 0.308 e. The largest absolute Gasteiger partial charge is 0.469 e. The molecule has 2 rings (SSSR count). The molecule has 2 heterocycles. The molecule has 1 aromatic rings. The molecule has 0 spiro atoms. The molecule has 8 nitrogen and oxygen atoms in total. The van der Waals surface area contributed by atoms with Crippen molar-refractivity contribution in [2.24, 2.45) is 5.92 Å². The van der Waals surface area contributed by atoms with Gasteiger partial charge in [0.2, 0.25) is 11.8 Å². The van der Waals surface area contributed by atoms with Gasteiger partial charge in [0.05, 0.1) is 26.1 Å². The van der Waals surface area contributed by atoms with E-state index in [-0.39, 0.29) is 36.8 Å². The summed E-state index contributed by atoms with van der Waals surface area (Å²) in [4.78, 5) is 43.5. The van der Waals surface area contributed by atoms with Crippen molar-refractivity contribution in [2.45, 2.75) is 19.8 Å². The zero-order valence-corrected chi connectivity index (χ0v) is 15.5. The maximum atomic E-state index is 12.4. The maximum Gasteiger partial charge on any atom is 0.308 e. The Kier molecular flexibility index (Phi) is 7.08. The number of carbonyl (C=O) groups excluding carboxylic acids is 3. The highest BCUT2D eigenvalue weighted by molar-refractivity contribution is 5.91. The number of pyridine rings is 1.